The van der Waals surface area contributed by atoms with E-state index in [1.807, 2.05) is 0 Å². The van der Waals surface area contributed by atoms with Gasteiger partial charge in [-0.2, -0.15) is 0 Å². The highest BCUT2D eigenvalue weighted by Crippen LogP contribution is 2.00. The van der Waals surface area contributed by atoms with Gasteiger partial charge < -0.3 is 19.4 Å². The molecule has 1 heterocycles. The zero-order valence-corrected chi connectivity index (χ0v) is 8.22. The molecule has 0 bridgehead atoms. The van der Waals surface area contributed by atoms with Crippen molar-refractivity contribution in [2.24, 2.45) is 0 Å². The predicted octanol–water partition coefficient (Wildman–Crippen LogP) is -1.91. The van der Waals surface area contributed by atoms with Gasteiger partial charge in [-0.1, -0.05) is 0 Å². The van der Waals surface area contributed by atoms with Crippen LogP contribution in [-0.2, 0) is 9.59 Å². The first-order valence-electron chi connectivity index (χ1n) is 4.60. The minimum absolute atomic E-state index is 0.0153. The Morgan fingerprint density at radius 2 is 2.21 bits per heavy atom. The van der Waals surface area contributed by atoms with Crippen molar-refractivity contribution in [1.29, 1.82) is 0 Å². The molecule has 1 aliphatic heterocycles. The molecule has 0 saturated carbocycles. The van der Waals surface area contributed by atoms with Crippen molar-refractivity contribution < 1.29 is 14.6 Å². The number of carbonyl (C=O) groups is 2. The van der Waals surface area contributed by atoms with Crippen LogP contribution in [0.3, 0.4) is 0 Å². The SMILES string of the molecule is CB(O)N1CCN([B]C=O)CC(=O)C1. The van der Waals surface area contributed by atoms with Gasteiger partial charge in [0.25, 0.3) is 7.41 Å². The van der Waals surface area contributed by atoms with E-state index in [4.69, 9.17) is 0 Å². The fourth-order valence-electron chi connectivity index (χ4n) is 1.45. The van der Waals surface area contributed by atoms with Crippen LogP contribution in [-0.4, -0.2) is 67.3 Å². The number of Topliss-reactive ketones (excluding diaryl/α,β-unsaturated/α-hetero) is 1. The normalized spacial score (nSPS) is 20.3. The van der Waals surface area contributed by atoms with E-state index >= 15 is 0 Å². The van der Waals surface area contributed by atoms with E-state index in [1.54, 1.807) is 16.4 Å². The van der Waals surface area contributed by atoms with Crippen LogP contribution in [0.25, 0.3) is 0 Å². The third-order valence-corrected chi connectivity index (χ3v) is 2.23. The molecule has 75 valence electrons. The molecule has 14 heavy (non-hydrogen) atoms. The molecule has 0 aromatic carbocycles. The Hall–Kier alpha value is -0.650. The number of ketones is 1. The Labute approximate surface area is 84.5 Å². The van der Waals surface area contributed by atoms with Gasteiger partial charge in [-0.05, 0) is 13.4 Å². The van der Waals surface area contributed by atoms with E-state index in [0.717, 1.165) is 0 Å². The van der Waals surface area contributed by atoms with Crippen molar-refractivity contribution in [3.63, 3.8) is 0 Å². The molecule has 0 spiro atoms. The molecule has 0 aliphatic carbocycles. The van der Waals surface area contributed by atoms with Gasteiger partial charge in [0.15, 0.2) is 5.78 Å². The van der Waals surface area contributed by atoms with Gasteiger partial charge in [0, 0.05) is 13.1 Å². The zero-order chi connectivity index (χ0) is 10.6. The van der Waals surface area contributed by atoms with Gasteiger partial charge in [0.2, 0.25) is 0 Å². The maximum absolute atomic E-state index is 11.4. The molecule has 0 aromatic heterocycles. The maximum atomic E-state index is 11.4. The van der Waals surface area contributed by atoms with E-state index in [-0.39, 0.29) is 18.9 Å². The standard InChI is InChI=1S/C7H13B2N2O3/c1-9(14)11-3-2-10(8-6-12)4-7(13)5-11/h6,14H,2-5H2,1H3. The average molecular weight is 195 g/mol. The van der Waals surface area contributed by atoms with E-state index in [1.165, 1.54) is 7.41 Å². The number of hydrogen-bond acceptors (Lipinski definition) is 5. The quantitative estimate of drug-likeness (QED) is 0.420. The first-order valence-corrected chi connectivity index (χ1v) is 4.60. The summed E-state index contributed by atoms with van der Waals surface area (Å²) < 4.78 is 0. The number of nitrogens with zero attached hydrogens (tertiary/aromatic N) is 2. The summed E-state index contributed by atoms with van der Waals surface area (Å²) in [6, 6.07) is 0. The molecule has 1 saturated heterocycles. The Kier molecular flexibility index (Phi) is 4.31. The van der Waals surface area contributed by atoms with E-state index in [2.05, 4.69) is 0 Å². The molecule has 1 rings (SSSR count). The monoisotopic (exact) mass is 195 g/mol. The highest BCUT2D eigenvalue weighted by molar-refractivity contribution is 6.64. The maximum Gasteiger partial charge on any atom is 0.376 e. The second-order valence-electron chi connectivity index (χ2n) is 3.40. The van der Waals surface area contributed by atoms with E-state index < -0.39 is 7.05 Å². The largest absolute Gasteiger partial charge is 0.437 e. The summed E-state index contributed by atoms with van der Waals surface area (Å²) in [6.45, 7) is 3.32. The lowest BCUT2D eigenvalue weighted by Crippen LogP contribution is -2.41. The Morgan fingerprint density at radius 3 is 2.79 bits per heavy atom. The molecular formula is C7H13B2N2O3. The Bertz CT molecular complexity index is 225. The third-order valence-electron chi connectivity index (χ3n) is 2.23. The minimum Gasteiger partial charge on any atom is -0.437 e. The predicted molar refractivity (Wildman–Crippen MR) is 54.5 cm³/mol. The van der Waals surface area contributed by atoms with Gasteiger partial charge in [-0.3, -0.25) is 4.79 Å². The molecule has 0 atom stereocenters. The lowest BCUT2D eigenvalue weighted by Gasteiger charge is -2.19. The Morgan fingerprint density at radius 1 is 1.50 bits per heavy atom. The number of hydrogen-bond donors (Lipinski definition) is 1. The van der Waals surface area contributed by atoms with E-state index in [0.29, 0.717) is 19.3 Å². The van der Waals surface area contributed by atoms with Crippen LogP contribution in [0.4, 0.5) is 0 Å². The van der Waals surface area contributed by atoms with Crippen molar-refractivity contribution in [1.82, 2.24) is 9.62 Å². The smallest absolute Gasteiger partial charge is 0.376 e. The van der Waals surface area contributed by atoms with Gasteiger partial charge in [-0.15, -0.1) is 0 Å². The molecule has 0 aromatic rings. The van der Waals surface area contributed by atoms with Crippen molar-refractivity contribution in [3.8, 4) is 0 Å². The van der Waals surface area contributed by atoms with Crippen LogP contribution in [0.2, 0.25) is 6.82 Å². The van der Waals surface area contributed by atoms with Crippen LogP contribution in [0.15, 0.2) is 0 Å². The minimum atomic E-state index is -0.616. The van der Waals surface area contributed by atoms with Crippen molar-refractivity contribution in [3.05, 3.63) is 0 Å². The van der Waals surface area contributed by atoms with Crippen LogP contribution in [0.1, 0.15) is 0 Å². The number of carbonyl (C=O) groups excluding carboxylic acids is 2. The highest BCUT2D eigenvalue weighted by Gasteiger charge is 2.24. The summed E-state index contributed by atoms with van der Waals surface area (Å²) in [5.41, 5.74) is 0. The molecular weight excluding hydrogens is 182 g/mol. The lowest BCUT2D eigenvalue weighted by atomic mass is 9.85. The van der Waals surface area contributed by atoms with Crippen LogP contribution in [0, 0.1) is 0 Å². The Balaban J connectivity index is 2.53. The fraction of sp³-hybridized carbons (Fsp3) is 0.714. The van der Waals surface area contributed by atoms with Crippen molar-refractivity contribution in [2.75, 3.05) is 26.2 Å². The summed E-state index contributed by atoms with van der Waals surface area (Å²) in [4.78, 5) is 24.9. The third kappa shape index (κ3) is 3.25. The second kappa shape index (κ2) is 5.29. The van der Waals surface area contributed by atoms with E-state index in [9.17, 15) is 14.6 Å². The molecule has 1 radical (unpaired) electrons. The number of rotatable bonds is 3. The average Bonchev–Trinajstić information content (AvgIpc) is 2.28. The lowest BCUT2D eigenvalue weighted by molar-refractivity contribution is -0.118. The second-order valence-corrected chi connectivity index (χ2v) is 3.40. The molecule has 1 N–H and O–H groups in total. The van der Waals surface area contributed by atoms with Crippen LogP contribution in [0.5, 0.6) is 0 Å². The summed E-state index contributed by atoms with van der Waals surface area (Å²) in [6.07, 6.45) is 0.672. The van der Waals surface area contributed by atoms with Crippen molar-refractivity contribution in [2.45, 2.75) is 6.82 Å². The summed E-state index contributed by atoms with van der Waals surface area (Å²) in [5, 5.41) is 9.31. The molecule has 0 amide bonds. The zero-order valence-electron chi connectivity index (χ0n) is 8.22. The van der Waals surface area contributed by atoms with Gasteiger partial charge in [0.05, 0.1) is 12.7 Å². The molecule has 1 aliphatic rings. The summed E-state index contributed by atoms with van der Waals surface area (Å²) >= 11 is 0. The fourth-order valence-corrected chi connectivity index (χ4v) is 1.45. The summed E-state index contributed by atoms with van der Waals surface area (Å²) in [5.74, 6) is 0.0153. The van der Waals surface area contributed by atoms with Gasteiger partial charge in [-0.25, -0.2) is 0 Å². The summed E-state index contributed by atoms with van der Waals surface area (Å²) in [7, 11) is 0.749. The first kappa shape index (κ1) is 11.4. The molecule has 0 unspecified atom stereocenters. The molecule has 1 fully saturated rings. The van der Waals surface area contributed by atoms with Crippen molar-refractivity contribution >= 4 is 26.4 Å². The van der Waals surface area contributed by atoms with Gasteiger partial charge >= 0.3 is 7.05 Å². The van der Waals surface area contributed by atoms with Gasteiger partial charge in [0.1, 0.15) is 0 Å². The highest BCUT2D eigenvalue weighted by atomic mass is 16.2. The van der Waals surface area contributed by atoms with Crippen LogP contribution >= 0.6 is 0 Å². The molecule has 5 nitrogen and oxygen atoms in total. The first-order chi connectivity index (χ1) is 6.63. The van der Waals surface area contributed by atoms with Crippen LogP contribution < -0.4 is 0 Å². The molecule has 7 heteroatoms. The topological polar surface area (TPSA) is 60.9 Å².